The summed E-state index contributed by atoms with van der Waals surface area (Å²) >= 11 is 6.14. The molecule has 27 heavy (non-hydrogen) atoms. The third-order valence-corrected chi connectivity index (χ3v) is 4.25. The van der Waals surface area contributed by atoms with Gasteiger partial charge in [-0.2, -0.15) is 4.80 Å². The zero-order valence-corrected chi connectivity index (χ0v) is 15.9. The van der Waals surface area contributed by atoms with Crippen LogP contribution in [0.1, 0.15) is 12.5 Å². The van der Waals surface area contributed by atoms with Crippen molar-refractivity contribution >= 4 is 17.5 Å². The second-order valence-corrected chi connectivity index (χ2v) is 6.36. The number of hydrogen-bond donors (Lipinski definition) is 0. The summed E-state index contributed by atoms with van der Waals surface area (Å²) in [4.78, 5) is 15.3. The SMILES string of the molecule is CCOc1ccc(CN(C)C(=O)Cn2nnc(-c3ccccc3Cl)n2)cc1. The van der Waals surface area contributed by atoms with E-state index in [1.807, 2.05) is 49.4 Å². The maximum Gasteiger partial charge on any atom is 0.246 e. The molecular formula is C19H20ClN5O2. The van der Waals surface area contributed by atoms with Gasteiger partial charge >= 0.3 is 0 Å². The fourth-order valence-electron chi connectivity index (χ4n) is 2.52. The number of halogens is 1. The van der Waals surface area contributed by atoms with Crippen molar-refractivity contribution in [3.8, 4) is 17.1 Å². The van der Waals surface area contributed by atoms with Gasteiger partial charge in [0.1, 0.15) is 12.3 Å². The van der Waals surface area contributed by atoms with Crippen LogP contribution in [0.3, 0.4) is 0 Å². The van der Waals surface area contributed by atoms with Crippen LogP contribution in [0.15, 0.2) is 48.5 Å². The lowest BCUT2D eigenvalue weighted by Crippen LogP contribution is -2.30. The fourth-order valence-corrected chi connectivity index (χ4v) is 2.74. The Balaban J connectivity index is 1.61. The van der Waals surface area contributed by atoms with E-state index in [9.17, 15) is 4.79 Å². The third kappa shape index (κ3) is 4.83. The fraction of sp³-hybridized carbons (Fsp3) is 0.263. The maximum atomic E-state index is 12.4. The zero-order valence-electron chi connectivity index (χ0n) is 15.2. The lowest BCUT2D eigenvalue weighted by atomic mass is 10.2. The predicted molar refractivity (Wildman–Crippen MR) is 102 cm³/mol. The molecule has 0 N–H and O–H groups in total. The number of hydrogen-bond acceptors (Lipinski definition) is 5. The molecule has 0 aliphatic heterocycles. The minimum absolute atomic E-state index is 0.00494. The van der Waals surface area contributed by atoms with Crippen LogP contribution in [-0.4, -0.2) is 44.7 Å². The van der Waals surface area contributed by atoms with Crippen molar-refractivity contribution in [1.82, 2.24) is 25.1 Å². The summed E-state index contributed by atoms with van der Waals surface area (Å²) in [6, 6.07) is 14.9. The highest BCUT2D eigenvalue weighted by atomic mass is 35.5. The van der Waals surface area contributed by atoms with Gasteiger partial charge in [-0.3, -0.25) is 4.79 Å². The van der Waals surface area contributed by atoms with Crippen LogP contribution in [0, 0.1) is 0 Å². The van der Waals surface area contributed by atoms with Crippen LogP contribution in [-0.2, 0) is 17.9 Å². The van der Waals surface area contributed by atoms with Crippen LogP contribution in [0.25, 0.3) is 11.4 Å². The van der Waals surface area contributed by atoms with E-state index in [0.29, 0.717) is 29.6 Å². The van der Waals surface area contributed by atoms with Gasteiger partial charge in [0.2, 0.25) is 11.7 Å². The molecule has 0 saturated heterocycles. The molecule has 1 amide bonds. The number of nitrogens with zero attached hydrogens (tertiary/aromatic N) is 5. The smallest absolute Gasteiger partial charge is 0.246 e. The van der Waals surface area contributed by atoms with Crippen molar-refractivity contribution in [2.45, 2.75) is 20.0 Å². The summed E-state index contributed by atoms with van der Waals surface area (Å²) in [6.45, 7) is 3.05. The highest BCUT2D eigenvalue weighted by molar-refractivity contribution is 6.33. The van der Waals surface area contributed by atoms with Crippen LogP contribution in [0.5, 0.6) is 5.75 Å². The molecule has 7 nitrogen and oxygen atoms in total. The maximum absolute atomic E-state index is 12.4. The average Bonchev–Trinajstić information content (AvgIpc) is 3.12. The molecule has 0 bridgehead atoms. The first-order chi connectivity index (χ1) is 13.1. The van der Waals surface area contributed by atoms with E-state index in [2.05, 4.69) is 15.4 Å². The van der Waals surface area contributed by atoms with Crippen LogP contribution >= 0.6 is 11.6 Å². The molecule has 0 aliphatic rings. The lowest BCUT2D eigenvalue weighted by molar-refractivity contribution is -0.131. The Morgan fingerprint density at radius 3 is 2.63 bits per heavy atom. The number of ether oxygens (including phenoxy) is 1. The third-order valence-electron chi connectivity index (χ3n) is 3.92. The van der Waals surface area contributed by atoms with Gasteiger partial charge in [0.15, 0.2) is 0 Å². The molecule has 3 rings (SSSR count). The summed E-state index contributed by atoms with van der Waals surface area (Å²) in [7, 11) is 1.74. The monoisotopic (exact) mass is 385 g/mol. The van der Waals surface area contributed by atoms with Crippen LogP contribution in [0.2, 0.25) is 5.02 Å². The second-order valence-electron chi connectivity index (χ2n) is 5.95. The molecule has 2 aromatic carbocycles. The molecule has 3 aromatic rings. The van der Waals surface area contributed by atoms with E-state index in [-0.39, 0.29) is 12.5 Å². The Morgan fingerprint density at radius 1 is 1.19 bits per heavy atom. The minimum Gasteiger partial charge on any atom is -0.494 e. The highest BCUT2D eigenvalue weighted by Gasteiger charge is 2.14. The topological polar surface area (TPSA) is 73.1 Å². The first-order valence-corrected chi connectivity index (χ1v) is 8.93. The van der Waals surface area contributed by atoms with Crippen molar-refractivity contribution < 1.29 is 9.53 Å². The molecule has 0 atom stereocenters. The number of benzene rings is 2. The molecule has 0 radical (unpaired) electrons. The van der Waals surface area contributed by atoms with E-state index >= 15 is 0 Å². The van der Waals surface area contributed by atoms with E-state index in [0.717, 1.165) is 11.3 Å². The molecule has 1 heterocycles. The number of tetrazole rings is 1. The largest absolute Gasteiger partial charge is 0.494 e. The number of aromatic nitrogens is 4. The molecular weight excluding hydrogens is 366 g/mol. The Morgan fingerprint density at radius 2 is 1.93 bits per heavy atom. The van der Waals surface area contributed by atoms with Gasteiger partial charge < -0.3 is 9.64 Å². The quantitative estimate of drug-likeness (QED) is 0.625. The van der Waals surface area contributed by atoms with Crippen LogP contribution < -0.4 is 4.74 Å². The summed E-state index contributed by atoms with van der Waals surface area (Å²) in [5.74, 6) is 1.09. The van der Waals surface area contributed by atoms with Gasteiger partial charge in [-0.25, -0.2) is 0 Å². The van der Waals surface area contributed by atoms with Crippen LogP contribution in [0.4, 0.5) is 0 Å². The lowest BCUT2D eigenvalue weighted by Gasteiger charge is -2.17. The van der Waals surface area contributed by atoms with Gasteiger partial charge in [-0.05, 0) is 42.0 Å². The van der Waals surface area contributed by atoms with E-state index in [1.165, 1.54) is 4.80 Å². The van der Waals surface area contributed by atoms with E-state index in [4.69, 9.17) is 16.3 Å². The van der Waals surface area contributed by atoms with Crippen molar-refractivity contribution in [1.29, 1.82) is 0 Å². The average molecular weight is 386 g/mol. The summed E-state index contributed by atoms with van der Waals surface area (Å²) in [5.41, 5.74) is 1.69. The van der Waals surface area contributed by atoms with Crippen molar-refractivity contribution in [2.75, 3.05) is 13.7 Å². The minimum atomic E-state index is -0.119. The molecule has 1 aromatic heterocycles. The Bertz CT molecular complexity index is 910. The van der Waals surface area contributed by atoms with Gasteiger partial charge in [-0.15, -0.1) is 10.2 Å². The molecule has 8 heteroatoms. The van der Waals surface area contributed by atoms with E-state index < -0.39 is 0 Å². The van der Waals surface area contributed by atoms with Gasteiger partial charge in [0.05, 0.1) is 11.6 Å². The van der Waals surface area contributed by atoms with Gasteiger partial charge in [0.25, 0.3) is 0 Å². The van der Waals surface area contributed by atoms with Gasteiger partial charge in [-0.1, -0.05) is 35.9 Å². The number of carbonyl (C=O) groups excluding carboxylic acids is 1. The predicted octanol–water partition coefficient (Wildman–Crippen LogP) is 3.05. The van der Waals surface area contributed by atoms with Gasteiger partial charge in [0, 0.05) is 19.2 Å². The molecule has 0 spiro atoms. The summed E-state index contributed by atoms with van der Waals surface area (Å²) in [6.07, 6.45) is 0. The summed E-state index contributed by atoms with van der Waals surface area (Å²) in [5, 5.41) is 12.7. The first-order valence-electron chi connectivity index (χ1n) is 8.55. The number of carbonyl (C=O) groups is 1. The number of amides is 1. The summed E-state index contributed by atoms with van der Waals surface area (Å²) < 4.78 is 5.42. The van der Waals surface area contributed by atoms with Crippen molar-refractivity contribution in [3.63, 3.8) is 0 Å². The second kappa shape index (κ2) is 8.64. The Hall–Kier alpha value is -2.93. The van der Waals surface area contributed by atoms with E-state index in [1.54, 1.807) is 18.0 Å². The normalized spacial score (nSPS) is 10.6. The molecule has 0 saturated carbocycles. The molecule has 0 unspecified atom stereocenters. The number of rotatable bonds is 7. The molecule has 140 valence electrons. The van der Waals surface area contributed by atoms with Crippen molar-refractivity contribution in [3.05, 3.63) is 59.1 Å². The molecule has 0 aliphatic carbocycles. The zero-order chi connectivity index (χ0) is 19.2. The van der Waals surface area contributed by atoms with Crippen molar-refractivity contribution in [2.24, 2.45) is 0 Å². The standard InChI is InChI=1S/C19H20ClN5O2/c1-3-27-15-10-8-14(9-11-15)12-24(2)18(26)13-25-22-19(21-23-25)16-6-4-5-7-17(16)20/h4-11H,3,12-13H2,1-2H3. The highest BCUT2D eigenvalue weighted by Crippen LogP contribution is 2.23. The first kappa shape index (κ1) is 18.8. The Labute approximate surface area is 162 Å². The Kier molecular flexibility index (Phi) is 6.03. The molecule has 0 fully saturated rings. The number of likely N-dealkylation sites (N-methyl/N-ethyl adjacent to an activating group) is 1.